The molecule has 0 aromatic heterocycles. The number of hydrogen-bond donors (Lipinski definition) is 2. The number of nitrogens with one attached hydrogen (secondary N) is 1. The zero-order valence-electron chi connectivity index (χ0n) is 12.8. The van der Waals surface area contributed by atoms with Crippen molar-refractivity contribution in [1.29, 1.82) is 0 Å². The molecule has 0 radical (unpaired) electrons. The van der Waals surface area contributed by atoms with Crippen molar-refractivity contribution in [3.63, 3.8) is 0 Å². The molecule has 0 bridgehead atoms. The van der Waals surface area contributed by atoms with Crippen LogP contribution >= 0.6 is 22.6 Å². The van der Waals surface area contributed by atoms with Crippen molar-refractivity contribution < 1.29 is 19.4 Å². The van der Waals surface area contributed by atoms with Crippen LogP contribution in [0.15, 0.2) is 41.5 Å². The minimum Gasteiger partial charge on any atom is -0.507 e. The Bertz CT molecular complexity index is 807. The van der Waals surface area contributed by atoms with Crippen LogP contribution in [0, 0.1) is 10.5 Å². The van der Waals surface area contributed by atoms with Gasteiger partial charge in [0.15, 0.2) is 11.5 Å². The van der Waals surface area contributed by atoms with Crippen molar-refractivity contribution in [2.24, 2.45) is 5.10 Å². The number of halogens is 1. The quantitative estimate of drug-likeness (QED) is 0.439. The van der Waals surface area contributed by atoms with Gasteiger partial charge >= 0.3 is 0 Å². The summed E-state index contributed by atoms with van der Waals surface area (Å²) in [5.74, 6) is 0.866. The molecule has 24 heavy (non-hydrogen) atoms. The van der Waals surface area contributed by atoms with Gasteiger partial charge in [0.1, 0.15) is 12.4 Å². The molecule has 1 atom stereocenters. The monoisotopic (exact) mass is 438 g/mol. The molecular weight excluding hydrogens is 423 g/mol. The zero-order chi connectivity index (χ0) is 17.1. The van der Waals surface area contributed by atoms with E-state index in [1.807, 2.05) is 18.2 Å². The number of nitrogens with zero attached hydrogens (tertiary/aromatic N) is 1. The molecule has 2 aromatic rings. The summed E-state index contributed by atoms with van der Waals surface area (Å²) >= 11 is 2.15. The van der Waals surface area contributed by atoms with Crippen LogP contribution < -0.4 is 14.9 Å². The Morgan fingerprint density at radius 3 is 2.92 bits per heavy atom. The van der Waals surface area contributed by atoms with E-state index in [0.29, 0.717) is 17.1 Å². The third kappa shape index (κ3) is 3.61. The molecule has 6 nitrogen and oxygen atoms in total. The Hall–Kier alpha value is -2.29. The summed E-state index contributed by atoms with van der Waals surface area (Å²) in [6, 6.07) is 10.8. The number of hydrogen-bond acceptors (Lipinski definition) is 5. The van der Waals surface area contributed by atoms with Crippen molar-refractivity contribution in [2.75, 3.05) is 6.61 Å². The second-order valence-electron chi connectivity index (χ2n) is 5.26. The highest BCUT2D eigenvalue weighted by molar-refractivity contribution is 14.1. The molecule has 2 aromatic carbocycles. The van der Waals surface area contributed by atoms with E-state index in [1.165, 1.54) is 6.21 Å². The molecule has 0 saturated heterocycles. The van der Waals surface area contributed by atoms with E-state index in [0.717, 1.165) is 9.13 Å². The van der Waals surface area contributed by atoms with Gasteiger partial charge in [0.25, 0.3) is 5.91 Å². The average molecular weight is 438 g/mol. The van der Waals surface area contributed by atoms with Gasteiger partial charge in [-0.2, -0.15) is 5.10 Å². The van der Waals surface area contributed by atoms with E-state index in [4.69, 9.17) is 9.47 Å². The lowest BCUT2D eigenvalue weighted by molar-refractivity contribution is -0.130. The maximum atomic E-state index is 12.1. The number of carbonyl (C=O) groups excluding carboxylic acids is 1. The Kier molecular flexibility index (Phi) is 4.89. The number of phenols is 1. The molecular formula is C17H15IN2O4. The van der Waals surface area contributed by atoms with Crippen LogP contribution in [0.3, 0.4) is 0 Å². The molecule has 124 valence electrons. The topological polar surface area (TPSA) is 80.2 Å². The summed E-state index contributed by atoms with van der Waals surface area (Å²) < 4.78 is 12.1. The summed E-state index contributed by atoms with van der Waals surface area (Å²) in [7, 11) is 0. The van der Waals surface area contributed by atoms with Crippen LogP contribution in [0.2, 0.25) is 0 Å². The minimum absolute atomic E-state index is 0.117. The maximum Gasteiger partial charge on any atom is 0.284 e. The third-order valence-electron chi connectivity index (χ3n) is 3.47. The average Bonchev–Trinajstić information content (AvgIpc) is 2.58. The lowest BCUT2D eigenvalue weighted by Gasteiger charge is -2.24. The molecule has 2 N–H and O–H groups in total. The highest BCUT2D eigenvalue weighted by atomic mass is 127. The number of phenolic OH excluding ortho intramolecular Hbond substituents is 1. The summed E-state index contributed by atoms with van der Waals surface area (Å²) in [4.78, 5) is 12.1. The molecule has 1 heterocycles. The molecule has 0 fully saturated rings. The van der Waals surface area contributed by atoms with Gasteiger partial charge in [-0.05, 0) is 59.3 Å². The van der Waals surface area contributed by atoms with Gasteiger partial charge in [0.05, 0.1) is 6.21 Å². The van der Waals surface area contributed by atoms with Crippen molar-refractivity contribution >= 4 is 34.7 Å². The second-order valence-corrected chi connectivity index (χ2v) is 6.50. The number of aryl methyl sites for hydroxylation is 1. The lowest BCUT2D eigenvalue weighted by Crippen LogP contribution is -2.42. The predicted molar refractivity (Wildman–Crippen MR) is 97.7 cm³/mol. The maximum absolute atomic E-state index is 12.1. The standard InChI is InChI=1S/C17H15IN2O4/c1-10-6-12(18)7-11(16(10)21)8-19-20-17(22)15-9-23-13-4-2-3-5-14(13)24-15/h2-8,15,21H,9H2,1H3,(H,20,22)/b19-8+/t15-/m0/s1. The molecule has 0 unspecified atom stereocenters. The van der Waals surface area contributed by atoms with Gasteiger partial charge in [-0.15, -0.1) is 0 Å². The van der Waals surface area contributed by atoms with Gasteiger partial charge in [0.2, 0.25) is 6.10 Å². The number of rotatable bonds is 3. The number of aromatic hydroxyl groups is 1. The van der Waals surface area contributed by atoms with Crippen LogP contribution in [0.25, 0.3) is 0 Å². The number of para-hydroxylation sites is 2. The molecule has 3 rings (SSSR count). The molecule has 0 saturated carbocycles. The van der Waals surface area contributed by atoms with Crippen LogP contribution in [0.5, 0.6) is 17.2 Å². The van der Waals surface area contributed by atoms with Gasteiger partial charge in [0, 0.05) is 9.13 Å². The molecule has 0 aliphatic carbocycles. The van der Waals surface area contributed by atoms with Crippen LogP contribution in [-0.4, -0.2) is 29.9 Å². The number of amides is 1. The molecule has 7 heteroatoms. The van der Waals surface area contributed by atoms with E-state index >= 15 is 0 Å². The fourth-order valence-corrected chi connectivity index (χ4v) is 3.05. The second kappa shape index (κ2) is 7.08. The first kappa shape index (κ1) is 16.6. The first-order chi connectivity index (χ1) is 11.5. The van der Waals surface area contributed by atoms with Crippen LogP contribution in [0.4, 0.5) is 0 Å². The number of fused-ring (bicyclic) bond motifs is 1. The van der Waals surface area contributed by atoms with E-state index in [2.05, 4.69) is 33.1 Å². The van der Waals surface area contributed by atoms with Gasteiger partial charge in [-0.3, -0.25) is 4.79 Å². The first-order valence-electron chi connectivity index (χ1n) is 7.25. The first-order valence-corrected chi connectivity index (χ1v) is 8.33. The van der Waals surface area contributed by atoms with Gasteiger partial charge in [-0.1, -0.05) is 12.1 Å². The Balaban J connectivity index is 1.64. The zero-order valence-corrected chi connectivity index (χ0v) is 15.0. The SMILES string of the molecule is Cc1cc(I)cc(/C=N/NC(=O)[C@@H]2COc3ccccc3O2)c1O. The highest BCUT2D eigenvalue weighted by Crippen LogP contribution is 2.30. The summed E-state index contributed by atoms with van der Waals surface area (Å²) in [6.07, 6.45) is 0.628. The number of carbonyl (C=O) groups is 1. The minimum atomic E-state index is -0.775. The Morgan fingerprint density at radius 2 is 2.12 bits per heavy atom. The van der Waals surface area contributed by atoms with Crippen LogP contribution in [0.1, 0.15) is 11.1 Å². The number of hydrazone groups is 1. The largest absolute Gasteiger partial charge is 0.507 e. The fourth-order valence-electron chi connectivity index (χ4n) is 2.25. The summed E-state index contributed by atoms with van der Waals surface area (Å²) in [5, 5.41) is 13.9. The Morgan fingerprint density at radius 1 is 1.38 bits per heavy atom. The van der Waals surface area contributed by atoms with E-state index in [1.54, 1.807) is 25.1 Å². The number of ether oxygens (including phenoxy) is 2. The molecule has 1 aliphatic heterocycles. The highest BCUT2D eigenvalue weighted by Gasteiger charge is 2.26. The molecule has 1 amide bonds. The molecule has 1 aliphatic rings. The third-order valence-corrected chi connectivity index (χ3v) is 4.10. The smallest absolute Gasteiger partial charge is 0.284 e. The normalized spacial score (nSPS) is 16.2. The van der Waals surface area contributed by atoms with Crippen molar-refractivity contribution in [2.45, 2.75) is 13.0 Å². The molecule has 0 spiro atoms. The van der Waals surface area contributed by atoms with Crippen molar-refractivity contribution in [1.82, 2.24) is 5.43 Å². The number of benzene rings is 2. The van der Waals surface area contributed by atoms with E-state index < -0.39 is 12.0 Å². The fraction of sp³-hybridized carbons (Fsp3) is 0.176. The van der Waals surface area contributed by atoms with Gasteiger partial charge < -0.3 is 14.6 Å². The van der Waals surface area contributed by atoms with E-state index in [9.17, 15) is 9.90 Å². The van der Waals surface area contributed by atoms with Crippen molar-refractivity contribution in [3.05, 3.63) is 51.1 Å². The predicted octanol–water partition coefficient (Wildman–Crippen LogP) is 2.60. The van der Waals surface area contributed by atoms with E-state index in [-0.39, 0.29) is 12.4 Å². The van der Waals surface area contributed by atoms with Gasteiger partial charge in [-0.25, -0.2) is 5.43 Å². The lowest BCUT2D eigenvalue weighted by atomic mass is 10.1. The van der Waals surface area contributed by atoms with Crippen LogP contribution in [-0.2, 0) is 4.79 Å². The van der Waals surface area contributed by atoms with Crippen molar-refractivity contribution in [3.8, 4) is 17.2 Å². The summed E-state index contributed by atoms with van der Waals surface area (Å²) in [6.45, 7) is 1.92. The summed E-state index contributed by atoms with van der Waals surface area (Å²) in [5.41, 5.74) is 3.69. The Labute approximate surface area is 152 Å².